The number of ether oxygens (including phenoxy) is 4. The first-order chi connectivity index (χ1) is 29.1. The Morgan fingerprint density at radius 2 is 1.10 bits per heavy atom. The van der Waals surface area contributed by atoms with E-state index in [-0.39, 0.29) is 67.1 Å². The van der Waals surface area contributed by atoms with Crippen molar-refractivity contribution >= 4 is 115 Å². The second kappa shape index (κ2) is 19.0. The highest BCUT2D eigenvalue weighted by atomic mass is 32.2. The van der Waals surface area contributed by atoms with Gasteiger partial charge in [-0.25, -0.2) is 19.6 Å². The number of carbonyl (C=O) groups is 8. The van der Waals surface area contributed by atoms with Gasteiger partial charge in [0.05, 0.1) is 0 Å². The Kier molecular flexibility index (Phi) is 13.8. The van der Waals surface area contributed by atoms with Crippen LogP contribution < -0.4 is 22.1 Å². The van der Waals surface area contributed by atoms with Crippen molar-refractivity contribution in [3.8, 4) is 0 Å². The lowest BCUT2D eigenvalue weighted by Gasteiger charge is -2.49. The van der Waals surface area contributed by atoms with E-state index in [9.17, 15) is 38.4 Å². The lowest BCUT2D eigenvalue weighted by Crippen LogP contribution is -2.71. The number of nitrogens with zero attached hydrogens (tertiary/aromatic N) is 6. The van der Waals surface area contributed by atoms with Crippen molar-refractivity contribution in [2.45, 2.75) is 36.7 Å². The maximum absolute atomic E-state index is 13.7. The summed E-state index contributed by atoms with van der Waals surface area (Å²) in [6.07, 6.45) is 0. The molecule has 6 rings (SSSR count). The van der Waals surface area contributed by atoms with Crippen LogP contribution in [0.3, 0.4) is 0 Å². The zero-order valence-corrected chi connectivity index (χ0v) is 35.5. The van der Waals surface area contributed by atoms with Gasteiger partial charge in [-0.2, -0.15) is 0 Å². The summed E-state index contributed by atoms with van der Waals surface area (Å²) in [6.45, 7) is 0.472. The molecule has 4 aliphatic rings. The van der Waals surface area contributed by atoms with Crippen molar-refractivity contribution < 1.29 is 67.0 Å². The highest BCUT2D eigenvalue weighted by Crippen LogP contribution is 2.42. The van der Waals surface area contributed by atoms with Gasteiger partial charge in [-0.3, -0.25) is 38.6 Å². The minimum Gasteiger partial charge on any atom is -0.461 e. The molecule has 4 atom stereocenters. The fraction of sp³-hybridized carbons (Fsp3) is 0.394. The monoisotopic (exact) mass is 922 g/mol. The lowest BCUT2D eigenvalue weighted by atomic mass is 10.0. The summed E-state index contributed by atoms with van der Waals surface area (Å²) < 4.78 is 20.8. The third kappa shape index (κ3) is 9.40. The van der Waals surface area contributed by atoms with Gasteiger partial charge in [-0.15, -0.1) is 46.2 Å². The molecule has 6 N–H and O–H groups in total. The number of fused-ring (bicyclic) bond motifs is 2. The van der Waals surface area contributed by atoms with Crippen LogP contribution in [-0.2, 0) is 67.0 Å². The Hall–Kier alpha value is -6.26. The number of esters is 4. The number of nitrogens with two attached hydrogens (primary N) is 2. The Morgan fingerprint density at radius 1 is 0.705 bits per heavy atom. The summed E-state index contributed by atoms with van der Waals surface area (Å²) in [6, 6.07) is -2.31. The van der Waals surface area contributed by atoms with Gasteiger partial charge in [-0.1, -0.05) is 10.3 Å². The van der Waals surface area contributed by atoms with Crippen LogP contribution in [-0.4, -0.2) is 147 Å². The molecule has 2 aromatic heterocycles. The zero-order chi connectivity index (χ0) is 44.1. The highest BCUT2D eigenvalue weighted by molar-refractivity contribution is 8.00. The molecule has 2 aromatic rings. The number of oxime groups is 2. The third-order valence-electron chi connectivity index (χ3n) is 8.66. The molecule has 4 amide bonds. The van der Waals surface area contributed by atoms with E-state index in [0.29, 0.717) is 0 Å². The van der Waals surface area contributed by atoms with Crippen molar-refractivity contribution in [3.63, 3.8) is 0 Å². The molecule has 0 saturated carbocycles. The van der Waals surface area contributed by atoms with Crippen LogP contribution in [0, 0.1) is 0 Å². The number of carbonyl (C=O) groups excluding carboxylic acids is 8. The van der Waals surface area contributed by atoms with Crippen LogP contribution in [0.5, 0.6) is 0 Å². The van der Waals surface area contributed by atoms with E-state index in [0.717, 1.165) is 69.8 Å². The molecule has 0 spiro atoms. The summed E-state index contributed by atoms with van der Waals surface area (Å²) in [5, 5.41) is 14.2. The molecule has 0 aromatic carbocycles. The maximum Gasteiger partial charge on any atom is 0.358 e. The predicted octanol–water partition coefficient (Wildman–Crippen LogP) is -1.36. The van der Waals surface area contributed by atoms with Gasteiger partial charge in [0.1, 0.15) is 73.0 Å². The smallest absolute Gasteiger partial charge is 0.358 e. The van der Waals surface area contributed by atoms with Crippen LogP contribution in [0.25, 0.3) is 0 Å². The summed E-state index contributed by atoms with van der Waals surface area (Å²) >= 11 is 4.42. The number of nitrogen functional groups attached to an aromatic ring is 2. The Morgan fingerprint density at radius 3 is 1.43 bits per heavy atom. The van der Waals surface area contributed by atoms with E-state index in [4.69, 9.17) is 40.1 Å². The van der Waals surface area contributed by atoms with Gasteiger partial charge in [0.2, 0.25) is 6.79 Å². The second-order valence-corrected chi connectivity index (χ2v) is 16.5. The SMILES string of the molecule is CO/N=C(\C(=O)N[C@@H]1C(=O)N2C(C(=O)OCOC(=O)C3=C(COC(C)=O)CS[C@@H]4[C@H](NC(=O)/C(=N\OC)c5csc(N)n5)C(=O)N34)=C(COC(C)=O)CS[C@H]12)c1csc(N)n1. The maximum atomic E-state index is 13.7. The van der Waals surface area contributed by atoms with Gasteiger partial charge in [-0.05, 0) is 0 Å². The predicted molar refractivity (Wildman–Crippen MR) is 215 cm³/mol. The molecule has 4 aliphatic heterocycles. The van der Waals surface area contributed by atoms with Gasteiger partial charge in [0, 0.05) is 47.3 Å². The van der Waals surface area contributed by atoms with E-state index in [2.05, 4.69) is 30.9 Å². The van der Waals surface area contributed by atoms with Gasteiger partial charge in [0.15, 0.2) is 21.7 Å². The fourth-order valence-corrected chi connectivity index (χ4v) is 9.77. The van der Waals surface area contributed by atoms with Crippen molar-refractivity contribution in [2.75, 3.05) is 57.2 Å². The molecule has 61 heavy (non-hydrogen) atoms. The molecule has 6 heterocycles. The number of aromatic nitrogens is 2. The molecule has 0 bridgehead atoms. The first-order valence-electron chi connectivity index (χ1n) is 17.4. The Bertz CT molecular complexity index is 2150. The second-order valence-electron chi connectivity index (χ2n) is 12.6. The van der Waals surface area contributed by atoms with E-state index in [1.54, 1.807) is 0 Å². The van der Waals surface area contributed by atoms with E-state index >= 15 is 0 Å². The fourth-order valence-electron chi connectivity index (χ4n) is 6.02. The number of nitrogens with one attached hydrogen (secondary N) is 2. The number of β-lactam (4-membered cyclic amide) rings is 2. The van der Waals surface area contributed by atoms with Crippen molar-refractivity contribution in [3.05, 3.63) is 44.7 Å². The van der Waals surface area contributed by atoms with Crippen molar-refractivity contribution in [1.29, 1.82) is 0 Å². The molecular formula is C33H34N10O14S4. The number of hydrogen-bond donors (Lipinski definition) is 4. The minimum absolute atomic E-state index is 0.0524. The van der Waals surface area contributed by atoms with Crippen LogP contribution in [0.4, 0.5) is 10.3 Å². The Labute approximate surface area is 360 Å². The molecule has 0 radical (unpaired) electrons. The van der Waals surface area contributed by atoms with E-state index < -0.39 is 90.3 Å². The van der Waals surface area contributed by atoms with Crippen LogP contribution in [0.1, 0.15) is 25.2 Å². The first-order valence-corrected chi connectivity index (χ1v) is 21.2. The van der Waals surface area contributed by atoms with E-state index in [1.807, 2.05) is 0 Å². The van der Waals surface area contributed by atoms with Crippen molar-refractivity contribution in [2.24, 2.45) is 10.3 Å². The van der Waals surface area contributed by atoms with Gasteiger partial charge in [0.25, 0.3) is 23.6 Å². The molecule has 2 fully saturated rings. The number of thiazole rings is 2. The first kappa shape index (κ1) is 44.3. The summed E-state index contributed by atoms with van der Waals surface area (Å²) in [7, 11) is 2.43. The third-order valence-corrected chi connectivity index (χ3v) is 12.7. The average molecular weight is 923 g/mol. The molecule has 24 nitrogen and oxygen atoms in total. The number of amides is 4. The molecule has 0 aliphatic carbocycles. The largest absolute Gasteiger partial charge is 0.461 e. The molecular weight excluding hydrogens is 889 g/mol. The standard InChI is InChI=1S/C33H34N10O14S4/c1-12(44)54-5-14-7-58-28-20(38-24(46)18(40-52-3)16-9-60-32(34)36-16)26(48)42(28)22(14)30(50)56-11-57-31(51)23-15(6-55-13(2)45)8-59-29-21(27(49)43(23)29)39-25(47)19(41-53-4)17-10-61-33(35)37-17/h9-10,20-21,28-29H,5-8,11H2,1-4H3,(H2,34,36)(H2,35,37)(H,38,46)(H,39,47)/b40-18-,41-19-/t20-,21-,28-,29-/m1/s1. The lowest BCUT2D eigenvalue weighted by molar-refractivity contribution is -0.169. The minimum atomic E-state index is -1.15. The molecule has 28 heteroatoms. The summed E-state index contributed by atoms with van der Waals surface area (Å²) in [4.78, 5) is 124. The number of hydrogen-bond acceptors (Lipinski definition) is 24. The van der Waals surface area contributed by atoms with E-state index in [1.165, 1.54) is 25.0 Å². The van der Waals surface area contributed by atoms with Gasteiger partial charge >= 0.3 is 23.9 Å². The highest BCUT2D eigenvalue weighted by Gasteiger charge is 2.56. The summed E-state index contributed by atoms with van der Waals surface area (Å²) in [5.74, 6) is -6.64. The van der Waals surface area contributed by atoms with Crippen LogP contribution in [0.15, 0.2) is 43.6 Å². The molecule has 0 unspecified atom stereocenters. The van der Waals surface area contributed by atoms with Gasteiger partial charge < -0.3 is 50.7 Å². The normalized spacial score (nSPS) is 21.0. The number of thioether (sulfide) groups is 2. The van der Waals surface area contributed by atoms with Crippen molar-refractivity contribution in [1.82, 2.24) is 30.4 Å². The number of rotatable bonds is 16. The quantitative estimate of drug-likeness (QED) is 0.0377. The number of anilines is 2. The molecule has 324 valence electrons. The van der Waals surface area contributed by atoms with Crippen LogP contribution in [0.2, 0.25) is 0 Å². The topological polar surface area (TPSA) is 325 Å². The average Bonchev–Trinajstić information content (AvgIpc) is 3.87. The Balaban J connectivity index is 1.14. The summed E-state index contributed by atoms with van der Waals surface area (Å²) in [5.41, 5.74) is 10.8. The zero-order valence-electron chi connectivity index (χ0n) is 32.2. The molecule has 2 saturated heterocycles. The van der Waals surface area contributed by atoms with Crippen LogP contribution >= 0.6 is 46.2 Å².